The molecule has 2 rings (SSSR count). The van der Waals surface area contributed by atoms with Gasteiger partial charge in [0.2, 0.25) is 0 Å². The van der Waals surface area contributed by atoms with Crippen molar-refractivity contribution in [3.05, 3.63) is 67.9 Å². The molecular weight excluding hydrogens is 373 g/mol. The molecule has 2 aromatic carbocycles. The number of hydrogen-bond acceptors (Lipinski definition) is 1. The van der Waals surface area contributed by atoms with Crippen LogP contribution < -0.4 is 5.32 Å². The summed E-state index contributed by atoms with van der Waals surface area (Å²) in [5.41, 5.74) is 3.05. The lowest BCUT2D eigenvalue weighted by atomic mass is 10.1. The Kier molecular flexibility index (Phi) is 5.13. The molecule has 0 aliphatic rings. The third kappa shape index (κ3) is 4.13. The molecule has 0 bridgehead atoms. The Bertz CT molecular complexity index is 584. The van der Waals surface area contributed by atoms with Gasteiger partial charge in [-0.1, -0.05) is 44.0 Å². The molecule has 0 radical (unpaired) electrons. The predicted octanol–water partition coefficient (Wildman–Crippen LogP) is 4.95. The fourth-order valence-electron chi connectivity index (χ4n) is 1.77. The molecule has 19 heavy (non-hydrogen) atoms. The van der Waals surface area contributed by atoms with Crippen LogP contribution >= 0.6 is 31.9 Å². The van der Waals surface area contributed by atoms with Crippen LogP contribution in [0.2, 0.25) is 0 Å². The average Bonchev–Trinajstić information content (AvgIpc) is 2.38. The number of aryl methyl sites for hydroxylation is 1. The first-order valence-corrected chi connectivity index (χ1v) is 7.54. The molecule has 0 fully saturated rings. The van der Waals surface area contributed by atoms with Crippen molar-refractivity contribution >= 4 is 31.9 Å². The summed E-state index contributed by atoms with van der Waals surface area (Å²) in [6.45, 7) is 3.28. The smallest absolute Gasteiger partial charge is 0.127 e. The summed E-state index contributed by atoms with van der Waals surface area (Å²) in [5, 5.41) is 3.25. The van der Waals surface area contributed by atoms with Gasteiger partial charge >= 0.3 is 0 Å². The molecule has 0 atom stereocenters. The molecule has 4 heteroatoms. The molecule has 1 N–H and O–H groups in total. The summed E-state index contributed by atoms with van der Waals surface area (Å²) in [5.74, 6) is -0.180. The van der Waals surface area contributed by atoms with Crippen LogP contribution in [-0.2, 0) is 13.1 Å². The topological polar surface area (TPSA) is 12.0 Å². The van der Waals surface area contributed by atoms with Crippen LogP contribution in [0, 0.1) is 12.7 Å². The van der Waals surface area contributed by atoms with Gasteiger partial charge in [-0.15, -0.1) is 0 Å². The van der Waals surface area contributed by atoms with Gasteiger partial charge in [0.15, 0.2) is 0 Å². The molecule has 0 aliphatic heterocycles. The first-order valence-electron chi connectivity index (χ1n) is 5.96. The van der Waals surface area contributed by atoms with Crippen molar-refractivity contribution in [3.8, 4) is 0 Å². The zero-order chi connectivity index (χ0) is 13.8. The minimum Gasteiger partial charge on any atom is -0.309 e. The lowest BCUT2D eigenvalue weighted by Crippen LogP contribution is -2.13. The van der Waals surface area contributed by atoms with Gasteiger partial charge in [-0.05, 0) is 42.3 Å². The third-order valence-corrected chi connectivity index (χ3v) is 4.24. The Hall–Kier alpha value is -0.710. The van der Waals surface area contributed by atoms with Crippen LogP contribution in [0.4, 0.5) is 4.39 Å². The van der Waals surface area contributed by atoms with E-state index in [1.807, 2.05) is 0 Å². The molecule has 0 aromatic heterocycles. The normalized spacial score (nSPS) is 10.7. The average molecular weight is 387 g/mol. The highest BCUT2D eigenvalue weighted by Crippen LogP contribution is 2.18. The van der Waals surface area contributed by atoms with Crippen molar-refractivity contribution in [2.45, 2.75) is 20.0 Å². The minimum absolute atomic E-state index is 0.180. The second-order valence-corrected chi connectivity index (χ2v) is 6.19. The highest BCUT2D eigenvalue weighted by molar-refractivity contribution is 9.10. The van der Waals surface area contributed by atoms with E-state index in [0.717, 1.165) is 8.95 Å². The Balaban J connectivity index is 1.96. The summed E-state index contributed by atoms with van der Waals surface area (Å²) < 4.78 is 15.5. The van der Waals surface area contributed by atoms with E-state index in [4.69, 9.17) is 0 Å². The first kappa shape index (κ1) is 14.7. The number of halogens is 3. The number of benzene rings is 2. The molecule has 0 saturated carbocycles. The van der Waals surface area contributed by atoms with E-state index in [1.54, 1.807) is 12.1 Å². The third-order valence-electron chi connectivity index (χ3n) is 2.89. The van der Waals surface area contributed by atoms with Gasteiger partial charge in [0.1, 0.15) is 5.82 Å². The van der Waals surface area contributed by atoms with Crippen LogP contribution in [0.15, 0.2) is 45.3 Å². The SMILES string of the molecule is Cc1ccc(CNCc2cc(Br)ccc2F)cc1Br. The van der Waals surface area contributed by atoms with E-state index in [0.29, 0.717) is 18.7 Å². The van der Waals surface area contributed by atoms with Crippen LogP contribution in [0.25, 0.3) is 0 Å². The van der Waals surface area contributed by atoms with Gasteiger partial charge in [-0.2, -0.15) is 0 Å². The lowest BCUT2D eigenvalue weighted by molar-refractivity contribution is 0.587. The maximum atomic E-state index is 13.5. The minimum atomic E-state index is -0.180. The summed E-state index contributed by atoms with van der Waals surface area (Å²) in [6, 6.07) is 11.2. The van der Waals surface area contributed by atoms with Gasteiger partial charge in [0.25, 0.3) is 0 Å². The number of rotatable bonds is 4. The van der Waals surface area contributed by atoms with E-state index in [-0.39, 0.29) is 5.82 Å². The zero-order valence-corrected chi connectivity index (χ0v) is 13.7. The van der Waals surface area contributed by atoms with Gasteiger partial charge in [-0.25, -0.2) is 4.39 Å². The van der Waals surface area contributed by atoms with E-state index < -0.39 is 0 Å². The monoisotopic (exact) mass is 385 g/mol. The molecular formula is C15H14Br2FN. The Morgan fingerprint density at radius 3 is 2.58 bits per heavy atom. The standard InChI is InChI=1S/C15H14Br2FN/c1-10-2-3-11(6-14(10)17)8-19-9-12-7-13(16)4-5-15(12)18/h2-7,19H,8-9H2,1H3. The van der Waals surface area contributed by atoms with Crippen molar-refractivity contribution in [1.82, 2.24) is 5.32 Å². The van der Waals surface area contributed by atoms with Crippen molar-refractivity contribution in [3.63, 3.8) is 0 Å². The fourth-order valence-corrected chi connectivity index (χ4v) is 2.60. The fraction of sp³-hybridized carbons (Fsp3) is 0.200. The lowest BCUT2D eigenvalue weighted by Gasteiger charge is -2.08. The molecule has 2 aromatic rings. The van der Waals surface area contributed by atoms with Crippen LogP contribution in [-0.4, -0.2) is 0 Å². The summed E-state index contributed by atoms with van der Waals surface area (Å²) in [6.07, 6.45) is 0. The van der Waals surface area contributed by atoms with Gasteiger partial charge in [-0.3, -0.25) is 0 Å². The molecule has 0 amide bonds. The molecule has 1 nitrogen and oxygen atoms in total. The molecule has 100 valence electrons. The van der Waals surface area contributed by atoms with Crippen LogP contribution in [0.1, 0.15) is 16.7 Å². The van der Waals surface area contributed by atoms with Crippen molar-refractivity contribution < 1.29 is 4.39 Å². The summed E-state index contributed by atoms with van der Waals surface area (Å²) in [4.78, 5) is 0. The number of hydrogen-bond donors (Lipinski definition) is 1. The van der Waals surface area contributed by atoms with Gasteiger partial charge < -0.3 is 5.32 Å². The predicted molar refractivity (Wildman–Crippen MR) is 83.5 cm³/mol. The second kappa shape index (κ2) is 6.64. The van der Waals surface area contributed by atoms with Gasteiger partial charge in [0.05, 0.1) is 0 Å². The Morgan fingerprint density at radius 1 is 1.05 bits per heavy atom. The molecule has 0 spiro atoms. The molecule has 0 heterocycles. The Labute approximate surface area is 129 Å². The highest BCUT2D eigenvalue weighted by Gasteiger charge is 2.03. The largest absolute Gasteiger partial charge is 0.309 e. The number of nitrogens with one attached hydrogen (secondary N) is 1. The van der Waals surface area contributed by atoms with Crippen molar-refractivity contribution in [1.29, 1.82) is 0 Å². The maximum absolute atomic E-state index is 13.5. The summed E-state index contributed by atoms with van der Waals surface area (Å²) >= 11 is 6.86. The van der Waals surface area contributed by atoms with Crippen molar-refractivity contribution in [2.24, 2.45) is 0 Å². The van der Waals surface area contributed by atoms with E-state index in [1.165, 1.54) is 17.2 Å². The first-order chi connectivity index (χ1) is 9.06. The summed E-state index contributed by atoms with van der Waals surface area (Å²) in [7, 11) is 0. The van der Waals surface area contributed by atoms with Crippen LogP contribution in [0.5, 0.6) is 0 Å². The molecule has 0 aliphatic carbocycles. The quantitative estimate of drug-likeness (QED) is 0.783. The molecule has 0 unspecified atom stereocenters. The van der Waals surface area contributed by atoms with Crippen molar-refractivity contribution in [2.75, 3.05) is 0 Å². The van der Waals surface area contributed by atoms with Gasteiger partial charge in [0, 0.05) is 27.6 Å². The van der Waals surface area contributed by atoms with E-state index >= 15 is 0 Å². The Morgan fingerprint density at radius 2 is 1.84 bits per heavy atom. The van der Waals surface area contributed by atoms with E-state index in [9.17, 15) is 4.39 Å². The van der Waals surface area contributed by atoms with Crippen LogP contribution in [0.3, 0.4) is 0 Å². The zero-order valence-electron chi connectivity index (χ0n) is 10.5. The second-order valence-electron chi connectivity index (χ2n) is 4.42. The molecule has 0 saturated heterocycles. The highest BCUT2D eigenvalue weighted by atomic mass is 79.9. The maximum Gasteiger partial charge on any atom is 0.127 e. The van der Waals surface area contributed by atoms with E-state index in [2.05, 4.69) is 62.3 Å².